The Balaban J connectivity index is 0.00000261. The highest BCUT2D eigenvalue weighted by Gasteiger charge is 2.48. The first-order valence-electron chi connectivity index (χ1n) is 10.7. The van der Waals surface area contributed by atoms with E-state index in [1.807, 2.05) is 18.2 Å². The van der Waals surface area contributed by atoms with E-state index in [-0.39, 0.29) is 22.4 Å². The number of aliphatic hydroxyl groups is 1. The summed E-state index contributed by atoms with van der Waals surface area (Å²) in [6.45, 7) is 9.13. The third kappa shape index (κ3) is 4.78. The maximum atomic E-state index is 11.8. The zero-order valence-corrected chi connectivity index (χ0v) is 18.7. The molecule has 0 aromatic heterocycles. The Morgan fingerprint density at radius 2 is 1.67 bits per heavy atom. The lowest BCUT2D eigenvalue weighted by Gasteiger charge is -2.41. The van der Waals surface area contributed by atoms with E-state index < -0.39 is 5.60 Å². The molecule has 0 bridgehead atoms. The van der Waals surface area contributed by atoms with E-state index in [1.165, 1.54) is 58.2 Å². The fourth-order valence-electron chi connectivity index (χ4n) is 5.22. The van der Waals surface area contributed by atoms with Crippen LogP contribution in [0.2, 0.25) is 0 Å². The molecule has 1 aromatic rings. The quantitative estimate of drug-likeness (QED) is 0.554. The van der Waals surface area contributed by atoms with Gasteiger partial charge in [-0.3, -0.25) is 0 Å². The second kappa shape index (κ2) is 9.59. The van der Waals surface area contributed by atoms with Crippen LogP contribution >= 0.6 is 0 Å². The monoisotopic (exact) mass is 433 g/mol. The van der Waals surface area contributed by atoms with Crippen LogP contribution in [0, 0.1) is 17.3 Å². The molecule has 2 nitrogen and oxygen atoms in total. The first kappa shape index (κ1) is 22.5. The van der Waals surface area contributed by atoms with E-state index in [0.717, 1.165) is 29.4 Å². The van der Waals surface area contributed by atoms with Crippen LogP contribution in [0.3, 0.4) is 0 Å². The van der Waals surface area contributed by atoms with Crippen LogP contribution in [0.15, 0.2) is 30.3 Å². The Morgan fingerprint density at radius 1 is 1.04 bits per heavy atom. The lowest BCUT2D eigenvalue weighted by Crippen LogP contribution is -3.00. The maximum absolute atomic E-state index is 11.8. The van der Waals surface area contributed by atoms with Gasteiger partial charge < -0.3 is 26.6 Å². The van der Waals surface area contributed by atoms with Crippen LogP contribution in [0.25, 0.3) is 0 Å². The topological polar surface area (TPSA) is 20.2 Å². The summed E-state index contributed by atoms with van der Waals surface area (Å²) in [4.78, 5) is 0. The average molecular weight is 434 g/mol. The summed E-state index contributed by atoms with van der Waals surface area (Å²) in [7, 11) is 0. The number of hydrogen-bond acceptors (Lipinski definition) is 1. The summed E-state index contributed by atoms with van der Waals surface area (Å²) in [5.74, 6) is 6.91. The summed E-state index contributed by atoms with van der Waals surface area (Å²) in [5.41, 5.74) is -0.201. The van der Waals surface area contributed by atoms with E-state index in [0.29, 0.717) is 0 Å². The van der Waals surface area contributed by atoms with Gasteiger partial charge >= 0.3 is 0 Å². The van der Waals surface area contributed by atoms with Crippen molar-refractivity contribution in [1.29, 1.82) is 0 Å². The van der Waals surface area contributed by atoms with Crippen LogP contribution in [0.5, 0.6) is 0 Å². The number of likely N-dealkylation sites (tertiary alicyclic amines) is 1. The molecular weight excluding hydrogens is 398 g/mol. The van der Waals surface area contributed by atoms with Crippen LogP contribution in [0.4, 0.5) is 0 Å². The number of halogens is 1. The molecule has 1 saturated heterocycles. The fraction of sp³-hybridized carbons (Fsp3) is 0.667. The van der Waals surface area contributed by atoms with Gasteiger partial charge in [0.15, 0.2) is 5.60 Å². The smallest absolute Gasteiger partial charge is 0.156 e. The highest BCUT2D eigenvalue weighted by Crippen LogP contribution is 2.50. The van der Waals surface area contributed by atoms with Gasteiger partial charge in [-0.2, -0.15) is 0 Å². The number of benzene rings is 1. The molecule has 1 atom stereocenters. The van der Waals surface area contributed by atoms with Gasteiger partial charge in [-0.05, 0) is 50.0 Å². The van der Waals surface area contributed by atoms with E-state index in [1.54, 1.807) is 0 Å². The first-order chi connectivity index (χ1) is 12.5. The Bertz CT molecular complexity index is 630. The molecule has 1 aromatic carbocycles. The minimum atomic E-state index is -1.03. The normalized spacial score (nSPS) is 22.8. The summed E-state index contributed by atoms with van der Waals surface area (Å²) < 4.78 is 1.13. The number of nitrogens with zero attached hydrogens (tertiary/aromatic N) is 1. The zero-order chi connectivity index (χ0) is 18.5. The second-order valence-electron chi connectivity index (χ2n) is 8.88. The van der Waals surface area contributed by atoms with E-state index in [2.05, 4.69) is 37.8 Å². The van der Waals surface area contributed by atoms with Gasteiger partial charge in [0.25, 0.3) is 0 Å². The third-order valence-electron chi connectivity index (χ3n) is 6.92. The number of quaternary nitrogens is 1. The van der Waals surface area contributed by atoms with E-state index in [4.69, 9.17) is 0 Å². The molecule has 0 radical (unpaired) electrons. The summed E-state index contributed by atoms with van der Waals surface area (Å²) in [6, 6.07) is 10.2. The molecule has 0 spiro atoms. The number of hydrogen-bond donors (Lipinski definition) is 1. The molecule has 2 fully saturated rings. The highest BCUT2D eigenvalue weighted by molar-refractivity contribution is 5.35. The van der Waals surface area contributed by atoms with Crippen LogP contribution < -0.4 is 17.0 Å². The highest BCUT2D eigenvalue weighted by atomic mass is 79.9. The minimum absolute atomic E-state index is 0. The van der Waals surface area contributed by atoms with Gasteiger partial charge in [-0.25, -0.2) is 0 Å². The minimum Gasteiger partial charge on any atom is -1.00 e. The Kier molecular flexibility index (Phi) is 7.98. The van der Waals surface area contributed by atoms with Crippen LogP contribution in [-0.2, 0) is 5.60 Å². The Labute approximate surface area is 176 Å². The summed E-state index contributed by atoms with van der Waals surface area (Å²) >= 11 is 0. The molecule has 3 rings (SSSR count). The Morgan fingerprint density at radius 3 is 2.26 bits per heavy atom. The van der Waals surface area contributed by atoms with Crippen molar-refractivity contribution in [2.24, 2.45) is 5.41 Å². The predicted octanol–water partition coefficient (Wildman–Crippen LogP) is 1.87. The van der Waals surface area contributed by atoms with Crippen molar-refractivity contribution in [3.63, 3.8) is 0 Å². The van der Waals surface area contributed by atoms with Crippen molar-refractivity contribution in [2.45, 2.75) is 70.8 Å². The van der Waals surface area contributed by atoms with Crippen molar-refractivity contribution in [3.05, 3.63) is 35.9 Å². The molecule has 0 amide bonds. The lowest BCUT2D eigenvalue weighted by molar-refractivity contribution is -0.926. The van der Waals surface area contributed by atoms with E-state index >= 15 is 0 Å². The molecule has 1 N–H and O–H groups in total. The van der Waals surface area contributed by atoms with Gasteiger partial charge in [0, 0.05) is 5.41 Å². The number of rotatable bonds is 5. The lowest BCUT2D eigenvalue weighted by atomic mass is 9.68. The third-order valence-corrected chi connectivity index (χ3v) is 6.92. The molecule has 2 aliphatic rings. The molecule has 1 heterocycles. The average Bonchev–Trinajstić information content (AvgIpc) is 3.11. The zero-order valence-electron chi connectivity index (χ0n) is 17.1. The number of piperidine rings is 1. The van der Waals surface area contributed by atoms with Gasteiger partial charge in [0.05, 0.1) is 19.6 Å². The SMILES string of the molecule is CCC[N+]1(CC#CC(O)(c2ccccc2)C2(C)CCCC2)CCCCC1.[Br-]. The fourth-order valence-corrected chi connectivity index (χ4v) is 5.22. The van der Waals surface area contributed by atoms with Crippen LogP contribution in [0.1, 0.15) is 70.8 Å². The van der Waals surface area contributed by atoms with Crippen molar-refractivity contribution < 1.29 is 26.6 Å². The van der Waals surface area contributed by atoms with Gasteiger partial charge in [-0.15, -0.1) is 0 Å². The molecule has 3 heteroatoms. The van der Waals surface area contributed by atoms with Crippen molar-refractivity contribution in [3.8, 4) is 11.8 Å². The van der Waals surface area contributed by atoms with Gasteiger partial charge in [0.1, 0.15) is 6.54 Å². The van der Waals surface area contributed by atoms with Crippen LogP contribution in [-0.4, -0.2) is 35.8 Å². The summed E-state index contributed by atoms with van der Waals surface area (Å²) in [6.07, 6.45) is 9.73. The van der Waals surface area contributed by atoms with Gasteiger partial charge in [-0.1, -0.05) is 62.9 Å². The Hall–Kier alpha value is -0.820. The van der Waals surface area contributed by atoms with Gasteiger partial charge in [0.2, 0.25) is 0 Å². The molecule has 1 unspecified atom stereocenters. The largest absolute Gasteiger partial charge is 1.00 e. The molecule has 1 aliphatic carbocycles. The predicted molar refractivity (Wildman–Crippen MR) is 109 cm³/mol. The second-order valence-corrected chi connectivity index (χ2v) is 8.88. The maximum Gasteiger partial charge on any atom is 0.156 e. The standard InChI is InChI=1S/C24H36NO.BrH/c1-3-18-25(19-10-5-11-20-25)21-12-17-24(26,22-13-6-4-7-14-22)23(2)15-8-9-16-23;/h4,6-7,13-14,26H,3,5,8-11,15-16,18-21H2,1-2H3;1H/q+1;/p-1. The van der Waals surface area contributed by atoms with Crippen molar-refractivity contribution in [2.75, 3.05) is 26.2 Å². The molecule has 27 heavy (non-hydrogen) atoms. The first-order valence-corrected chi connectivity index (χ1v) is 10.7. The van der Waals surface area contributed by atoms with E-state index in [9.17, 15) is 5.11 Å². The molecule has 1 aliphatic heterocycles. The van der Waals surface area contributed by atoms with Crippen molar-refractivity contribution in [1.82, 2.24) is 0 Å². The van der Waals surface area contributed by atoms with Crippen molar-refractivity contribution >= 4 is 0 Å². The molecule has 1 saturated carbocycles. The molecule has 150 valence electrons. The molecular formula is C24H36BrNO. The summed E-state index contributed by atoms with van der Waals surface area (Å²) in [5, 5.41) is 11.8.